The number of rotatable bonds is 4. The van der Waals surface area contributed by atoms with Gasteiger partial charge in [0.05, 0.1) is 5.25 Å². The molecule has 0 aliphatic carbocycles. The number of aryl methyl sites for hydroxylation is 2. The zero-order valence-corrected chi connectivity index (χ0v) is 14.7. The number of thioether (sulfide) groups is 1. The number of benzene rings is 2. The van der Waals surface area contributed by atoms with Crippen LogP contribution in [0, 0.1) is 13.8 Å². The highest BCUT2D eigenvalue weighted by atomic mass is 79.9. The molecule has 21 heavy (non-hydrogen) atoms. The Balaban J connectivity index is 1.98. The van der Waals surface area contributed by atoms with Gasteiger partial charge < -0.3 is 5.32 Å². The predicted molar refractivity (Wildman–Crippen MR) is 94.0 cm³/mol. The van der Waals surface area contributed by atoms with Crippen LogP contribution in [0.3, 0.4) is 0 Å². The van der Waals surface area contributed by atoms with Gasteiger partial charge in [0.1, 0.15) is 0 Å². The van der Waals surface area contributed by atoms with Crippen LogP contribution >= 0.6 is 27.7 Å². The number of amides is 1. The first-order valence-corrected chi connectivity index (χ1v) is 8.43. The molecule has 1 N–H and O–H groups in total. The molecule has 2 rings (SSSR count). The zero-order valence-electron chi connectivity index (χ0n) is 12.3. The van der Waals surface area contributed by atoms with E-state index in [1.54, 1.807) is 11.8 Å². The molecule has 0 aliphatic heterocycles. The van der Waals surface area contributed by atoms with Crippen LogP contribution in [0.1, 0.15) is 18.1 Å². The second kappa shape index (κ2) is 7.14. The van der Waals surface area contributed by atoms with Crippen molar-refractivity contribution in [1.29, 1.82) is 0 Å². The monoisotopic (exact) mass is 363 g/mol. The van der Waals surface area contributed by atoms with Gasteiger partial charge in [0.2, 0.25) is 5.91 Å². The Morgan fingerprint density at radius 3 is 2.43 bits per heavy atom. The number of carbonyl (C=O) groups excluding carboxylic acids is 1. The summed E-state index contributed by atoms with van der Waals surface area (Å²) in [6.07, 6.45) is 0. The second-order valence-corrected chi connectivity index (χ2v) is 7.29. The van der Waals surface area contributed by atoms with E-state index in [9.17, 15) is 4.79 Å². The second-order valence-electron chi connectivity index (χ2n) is 5.03. The van der Waals surface area contributed by atoms with Crippen molar-refractivity contribution in [2.75, 3.05) is 5.32 Å². The van der Waals surface area contributed by atoms with E-state index in [1.807, 2.05) is 44.2 Å². The van der Waals surface area contributed by atoms with Crippen molar-refractivity contribution in [2.24, 2.45) is 0 Å². The third-order valence-electron chi connectivity index (χ3n) is 3.13. The topological polar surface area (TPSA) is 29.1 Å². The lowest BCUT2D eigenvalue weighted by atomic mass is 10.2. The average Bonchev–Trinajstić information content (AvgIpc) is 2.45. The van der Waals surface area contributed by atoms with Crippen LogP contribution < -0.4 is 5.32 Å². The summed E-state index contributed by atoms with van der Waals surface area (Å²) in [5.74, 6) is 0.0160. The fourth-order valence-corrected chi connectivity index (χ4v) is 2.95. The van der Waals surface area contributed by atoms with Crippen LogP contribution in [-0.2, 0) is 4.79 Å². The molecular formula is C17H18BrNOS. The van der Waals surface area contributed by atoms with Gasteiger partial charge in [-0.15, -0.1) is 11.8 Å². The van der Waals surface area contributed by atoms with Gasteiger partial charge in [-0.1, -0.05) is 33.6 Å². The maximum Gasteiger partial charge on any atom is 0.237 e. The molecule has 0 spiro atoms. The minimum atomic E-state index is -0.142. The normalized spacial score (nSPS) is 12.0. The molecule has 2 nitrogen and oxygen atoms in total. The van der Waals surface area contributed by atoms with Crippen LogP contribution in [-0.4, -0.2) is 11.2 Å². The van der Waals surface area contributed by atoms with E-state index in [4.69, 9.17) is 0 Å². The summed E-state index contributed by atoms with van der Waals surface area (Å²) in [6.45, 7) is 5.98. The highest BCUT2D eigenvalue weighted by molar-refractivity contribution is 9.10. The Morgan fingerprint density at radius 1 is 1.14 bits per heavy atom. The maximum atomic E-state index is 12.2. The Morgan fingerprint density at radius 2 is 1.81 bits per heavy atom. The van der Waals surface area contributed by atoms with Gasteiger partial charge >= 0.3 is 0 Å². The highest BCUT2D eigenvalue weighted by Crippen LogP contribution is 2.25. The minimum absolute atomic E-state index is 0.0160. The molecule has 2 aromatic rings. The maximum absolute atomic E-state index is 12.2. The van der Waals surface area contributed by atoms with Crippen molar-refractivity contribution in [3.8, 4) is 0 Å². The van der Waals surface area contributed by atoms with Gasteiger partial charge in [0.15, 0.2) is 0 Å². The van der Waals surface area contributed by atoms with Gasteiger partial charge in [0.25, 0.3) is 0 Å². The van der Waals surface area contributed by atoms with Crippen LogP contribution in [0.2, 0.25) is 0 Å². The lowest BCUT2D eigenvalue weighted by molar-refractivity contribution is -0.115. The molecule has 0 aliphatic rings. The number of carbonyl (C=O) groups is 1. The first kappa shape index (κ1) is 16.1. The van der Waals surface area contributed by atoms with Gasteiger partial charge in [-0.05, 0) is 56.7 Å². The van der Waals surface area contributed by atoms with Crippen molar-refractivity contribution in [3.05, 3.63) is 58.1 Å². The minimum Gasteiger partial charge on any atom is -0.325 e. The van der Waals surface area contributed by atoms with E-state index in [0.717, 1.165) is 20.6 Å². The molecule has 0 bridgehead atoms. The first-order chi connectivity index (χ1) is 9.95. The third kappa shape index (κ3) is 4.61. The Kier molecular flexibility index (Phi) is 5.48. The van der Waals surface area contributed by atoms with Crippen molar-refractivity contribution >= 4 is 39.3 Å². The number of hydrogen-bond donors (Lipinski definition) is 1. The van der Waals surface area contributed by atoms with Crippen molar-refractivity contribution < 1.29 is 4.79 Å². The Labute approximate surface area is 138 Å². The summed E-state index contributed by atoms with van der Waals surface area (Å²) in [5, 5.41) is 2.82. The average molecular weight is 364 g/mol. The zero-order chi connectivity index (χ0) is 15.4. The van der Waals surface area contributed by atoms with Crippen molar-refractivity contribution in [1.82, 2.24) is 0 Å². The smallest absolute Gasteiger partial charge is 0.237 e. The van der Waals surface area contributed by atoms with Crippen molar-refractivity contribution in [3.63, 3.8) is 0 Å². The molecule has 0 radical (unpaired) electrons. The van der Waals surface area contributed by atoms with Crippen molar-refractivity contribution in [2.45, 2.75) is 30.9 Å². The predicted octanol–water partition coefficient (Wildman–Crippen LogP) is 5.19. The molecule has 4 heteroatoms. The molecule has 1 atom stereocenters. The molecule has 110 valence electrons. The number of halogens is 1. The summed E-state index contributed by atoms with van der Waals surface area (Å²) in [6, 6.07) is 14.0. The SMILES string of the molecule is Cc1ccc(SC(C)C(=O)Nc2ccc(Br)c(C)c2)cc1. The van der Waals surface area contributed by atoms with E-state index in [1.165, 1.54) is 5.56 Å². The lowest BCUT2D eigenvalue weighted by Gasteiger charge is -2.13. The third-order valence-corrected chi connectivity index (χ3v) is 5.13. The number of hydrogen-bond acceptors (Lipinski definition) is 2. The van der Waals surface area contributed by atoms with Crippen LogP contribution in [0.4, 0.5) is 5.69 Å². The standard InChI is InChI=1S/C17H18BrNOS/c1-11-4-7-15(8-5-11)21-13(3)17(20)19-14-6-9-16(18)12(2)10-14/h4-10,13H,1-3H3,(H,19,20). The molecule has 0 saturated carbocycles. The summed E-state index contributed by atoms with van der Waals surface area (Å²) in [7, 11) is 0. The summed E-state index contributed by atoms with van der Waals surface area (Å²) in [5.41, 5.74) is 3.16. The Hall–Kier alpha value is -1.26. The molecule has 0 aromatic heterocycles. The van der Waals surface area contributed by atoms with Gasteiger partial charge in [-0.2, -0.15) is 0 Å². The van der Waals surface area contributed by atoms with Gasteiger partial charge in [-0.25, -0.2) is 0 Å². The van der Waals surface area contributed by atoms with Gasteiger partial charge in [0, 0.05) is 15.1 Å². The molecule has 0 heterocycles. The molecular weight excluding hydrogens is 346 g/mol. The van der Waals surface area contributed by atoms with E-state index >= 15 is 0 Å². The molecule has 0 fully saturated rings. The highest BCUT2D eigenvalue weighted by Gasteiger charge is 2.14. The van der Waals surface area contributed by atoms with E-state index in [2.05, 4.69) is 40.3 Å². The molecule has 2 aromatic carbocycles. The fraction of sp³-hybridized carbons (Fsp3) is 0.235. The summed E-state index contributed by atoms with van der Waals surface area (Å²) >= 11 is 5.02. The molecule has 1 unspecified atom stereocenters. The number of anilines is 1. The van der Waals surface area contributed by atoms with E-state index in [-0.39, 0.29) is 11.2 Å². The lowest BCUT2D eigenvalue weighted by Crippen LogP contribution is -2.22. The fourth-order valence-electron chi connectivity index (χ4n) is 1.84. The summed E-state index contributed by atoms with van der Waals surface area (Å²) < 4.78 is 1.04. The number of nitrogens with one attached hydrogen (secondary N) is 1. The molecule has 0 saturated heterocycles. The largest absolute Gasteiger partial charge is 0.325 e. The van der Waals surface area contributed by atoms with E-state index < -0.39 is 0 Å². The molecule has 1 amide bonds. The van der Waals surface area contributed by atoms with E-state index in [0.29, 0.717) is 0 Å². The Bertz CT molecular complexity index is 640. The van der Waals surface area contributed by atoms with Crippen LogP contribution in [0.25, 0.3) is 0 Å². The summed E-state index contributed by atoms with van der Waals surface area (Å²) in [4.78, 5) is 13.3. The quantitative estimate of drug-likeness (QED) is 0.757. The first-order valence-electron chi connectivity index (χ1n) is 6.76. The van der Waals surface area contributed by atoms with Gasteiger partial charge in [-0.3, -0.25) is 4.79 Å². The van der Waals surface area contributed by atoms with Crippen LogP contribution in [0.15, 0.2) is 51.8 Å². The van der Waals surface area contributed by atoms with Crippen LogP contribution in [0.5, 0.6) is 0 Å².